The van der Waals surface area contributed by atoms with Gasteiger partial charge in [0.25, 0.3) is 0 Å². The highest BCUT2D eigenvalue weighted by molar-refractivity contribution is 7.89. The summed E-state index contributed by atoms with van der Waals surface area (Å²) in [5.74, 6) is -0.773. The molecule has 1 heterocycles. The number of benzene rings is 1. The predicted octanol–water partition coefficient (Wildman–Crippen LogP) is 1.07. The summed E-state index contributed by atoms with van der Waals surface area (Å²) in [6, 6.07) is 3.81. The zero-order valence-electron chi connectivity index (χ0n) is 12.0. The average molecular weight is 315 g/mol. The molecule has 1 aliphatic heterocycles. The van der Waals surface area contributed by atoms with Gasteiger partial charge >= 0.3 is 0 Å². The lowest BCUT2D eigenvalue weighted by atomic mass is 10.3. The van der Waals surface area contributed by atoms with Gasteiger partial charge in [-0.15, -0.1) is 0 Å². The number of halogens is 1. The van der Waals surface area contributed by atoms with Gasteiger partial charge < -0.3 is 9.64 Å². The fourth-order valence-electron chi connectivity index (χ4n) is 1.88. The molecule has 21 heavy (non-hydrogen) atoms. The van der Waals surface area contributed by atoms with Crippen molar-refractivity contribution < 1.29 is 17.5 Å². The zero-order valence-corrected chi connectivity index (χ0v) is 12.8. The monoisotopic (exact) mass is 315 g/mol. The number of hydrogen-bond acceptors (Lipinski definition) is 4. The maximum absolute atomic E-state index is 13.9. The fraction of sp³-hybridized carbons (Fsp3) is 0.462. The van der Waals surface area contributed by atoms with Crippen molar-refractivity contribution in [3.05, 3.63) is 24.0 Å². The maximum Gasteiger partial charge on any atom is 0.246 e. The second-order valence-electron chi connectivity index (χ2n) is 4.84. The lowest BCUT2D eigenvalue weighted by Gasteiger charge is -2.26. The number of sulfonamides is 1. The molecule has 0 aliphatic carbocycles. The van der Waals surface area contributed by atoms with E-state index < -0.39 is 15.8 Å². The Hall–Kier alpha value is -1.51. The third-order valence-corrected chi connectivity index (χ3v) is 4.85. The van der Waals surface area contributed by atoms with Crippen LogP contribution in [0.3, 0.4) is 0 Å². The lowest BCUT2D eigenvalue weighted by molar-refractivity contribution is 0.0729. The van der Waals surface area contributed by atoms with Crippen LogP contribution in [-0.2, 0) is 14.8 Å². The van der Waals surface area contributed by atoms with Crippen molar-refractivity contribution in [2.75, 3.05) is 40.4 Å². The van der Waals surface area contributed by atoms with Crippen molar-refractivity contribution in [1.82, 2.24) is 9.21 Å². The first kappa shape index (κ1) is 15.9. The molecule has 0 amide bonds. The standard InChI is InChI=1S/C13H18FN3O3S/c1-16(2)10-15-11-3-4-12(14)13(9-11)21(18,19)17-5-7-20-8-6-17/h3-4,9-10H,5-8H2,1-2H3. The van der Waals surface area contributed by atoms with Crippen LogP contribution < -0.4 is 0 Å². The SMILES string of the molecule is CN(C)C=Nc1ccc(F)c(S(=O)(=O)N2CCOCC2)c1. The van der Waals surface area contributed by atoms with Gasteiger partial charge in [-0.1, -0.05) is 0 Å². The molecule has 116 valence electrons. The molecule has 6 nitrogen and oxygen atoms in total. The van der Waals surface area contributed by atoms with E-state index in [1.54, 1.807) is 19.0 Å². The fourth-order valence-corrected chi connectivity index (χ4v) is 3.37. The third-order valence-electron chi connectivity index (χ3n) is 2.94. The van der Waals surface area contributed by atoms with Gasteiger partial charge in [-0.3, -0.25) is 0 Å². The number of hydrogen-bond donors (Lipinski definition) is 0. The summed E-state index contributed by atoms with van der Waals surface area (Å²) in [7, 11) is -0.283. The summed E-state index contributed by atoms with van der Waals surface area (Å²) >= 11 is 0. The van der Waals surface area contributed by atoms with E-state index in [2.05, 4.69) is 4.99 Å². The van der Waals surface area contributed by atoms with Crippen LogP contribution in [0.2, 0.25) is 0 Å². The summed E-state index contributed by atoms with van der Waals surface area (Å²) in [4.78, 5) is 5.45. The zero-order chi connectivity index (χ0) is 15.5. The Balaban J connectivity index is 2.35. The van der Waals surface area contributed by atoms with E-state index in [1.165, 1.54) is 22.8 Å². The molecule has 0 saturated carbocycles. The van der Waals surface area contributed by atoms with Crippen LogP contribution in [0.5, 0.6) is 0 Å². The molecule has 2 rings (SSSR count). The van der Waals surface area contributed by atoms with Gasteiger partial charge in [-0.25, -0.2) is 17.8 Å². The first-order valence-corrected chi connectivity index (χ1v) is 7.93. The van der Waals surface area contributed by atoms with Crippen molar-refractivity contribution in [3.8, 4) is 0 Å². The van der Waals surface area contributed by atoms with Gasteiger partial charge in [0, 0.05) is 27.2 Å². The largest absolute Gasteiger partial charge is 0.379 e. The molecule has 1 fully saturated rings. The molecule has 1 aromatic rings. The van der Waals surface area contributed by atoms with Crippen LogP contribution in [0, 0.1) is 5.82 Å². The second-order valence-corrected chi connectivity index (χ2v) is 6.75. The van der Waals surface area contributed by atoms with Crippen molar-refractivity contribution in [3.63, 3.8) is 0 Å². The van der Waals surface area contributed by atoms with Crippen LogP contribution >= 0.6 is 0 Å². The topological polar surface area (TPSA) is 62.2 Å². The Labute approximate surface area is 123 Å². The molecule has 0 spiro atoms. The van der Waals surface area contributed by atoms with Gasteiger partial charge in [-0.2, -0.15) is 4.31 Å². The average Bonchev–Trinajstić information content (AvgIpc) is 2.47. The van der Waals surface area contributed by atoms with E-state index in [-0.39, 0.29) is 18.0 Å². The summed E-state index contributed by atoms with van der Waals surface area (Å²) in [5, 5.41) is 0. The summed E-state index contributed by atoms with van der Waals surface area (Å²) in [5.41, 5.74) is 0.386. The quantitative estimate of drug-likeness (QED) is 0.616. The van der Waals surface area contributed by atoms with Gasteiger partial charge in [0.15, 0.2) is 0 Å². The number of rotatable bonds is 4. The Morgan fingerprint density at radius 1 is 1.33 bits per heavy atom. The Kier molecular flexibility index (Phi) is 4.92. The van der Waals surface area contributed by atoms with Gasteiger partial charge in [-0.05, 0) is 18.2 Å². The minimum absolute atomic E-state index is 0.229. The van der Waals surface area contributed by atoms with Gasteiger partial charge in [0.1, 0.15) is 10.7 Å². The Morgan fingerprint density at radius 2 is 2.00 bits per heavy atom. The minimum atomic E-state index is -3.86. The van der Waals surface area contributed by atoms with E-state index in [0.717, 1.165) is 6.07 Å². The highest BCUT2D eigenvalue weighted by atomic mass is 32.2. The molecule has 1 aliphatic rings. The molecule has 1 saturated heterocycles. The van der Waals surface area contributed by atoms with Crippen LogP contribution in [0.15, 0.2) is 28.1 Å². The van der Waals surface area contributed by atoms with Crippen LogP contribution in [0.25, 0.3) is 0 Å². The molecule has 0 N–H and O–H groups in total. The Bertz CT molecular complexity index is 626. The first-order chi connectivity index (χ1) is 9.91. The van der Waals surface area contributed by atoms with E-state index in [1.807, 2.05) is 0 Å². The minimum Gasteiger partial charge on any atom is -0.379 e. The predicted molar refractivity (Wildman–Crippen MR) is 77.8 cm³/mol. The van der Waals surface area contributed by atoms with Crippen molar-refractivity contribution >= 4 is 22.0 Å². The third kappa shape index (κ3) is 3.78. The summed E-state index contributed by atoms with van der Waals surface area (Å²) in [6.45, 7) is 1.10. The van der Waals surface area contributed by atoms with Crippen LogP contribution in [0.4, 0.5) is 10.1 Å². The second kappa shape index (κ2) is 6.50. The maximum atomic E-state index is 13.9. The van der Waals surface area contributed by atoms with Crippen LogP contribution in [-0.4, -0.2) is 64.4 Å². The van der Waals surface area contributed by atoms with E-state index in [4.69, 9.17) is 4.74 Å². The number of ether oxygens (including phenoxy) is 1. The van der Waals surface area contributed by atoms with Gasteiger partial charge in [0.05, 0.1) is 25.2 Å². The number of morpholine rings is 1. The number of aliphatic imine (C=N–C) groups is 1. The van der Waals surface area contributed by atoms with Crippen LogP contribution in [0.1, 0.15) is 0 Å². The van der Waals surface area contributed by atoms with Crippen molar-refractivity contribution in [2.45, 2.75) is 4.90 Å². The summed E-state index contributed by atoms with van der Waals surface area (Å²) in [6.07, 6.45) is 1.53. The summed E-state index contributed by atoms with van der Waals surface area (Å²) < 4.78 is 45.2. The number of nitrogens with zero attached hydrogens (tertiary/aromatic N) is 3. The highest BCUT2D eigenvalue weighted by Crippen LogP contribution is 2.25. The molecule has 8 heteroatoms. The smallest absolute Gasteiger partial charge is 0.246 e. The molecule has 0 radical (unpaired) electrons. The molecular weight excluding hydrogens is 297 g/mol. The van der Waals surface area contributed by atoms with Crippen molar-refractivity contribution in [1.29, 1.82) is 0 Å². The molecule has 0 unspecified atom stereocenters. The van der Waals surface area contributed by atoms with E-state index in [9.17, 15) is 12.8 Å². The van der Waals surface area contributed by atoms with Gasteiger partial charge in [0.2, 0.25) is 10.0 Å². The van der Waals surface area contributed by atoms with Crippen molar-refractivity contribution in [2.24, 2.45) is 4.99 Å². The van der Waals surface area contributed by atoms with E-state index in [0.29, 0.717) is 18.9 Å². The first-order valence-electron chi connectivity index (χ1n) is 6.49. The normalized spacial score (nSPS) is 17.3. The lowest BCUT2D eigenvalue weighted by Crippen LogP contribution is -2.40. The Morgan fingerprint density at radius 3 is 2.62 bits per heavy atom. The van der Waals surface area contributed by atoms with E-state index >= 15 is 0 Å². The molecule has 1 aromatic carbocycles. The molecular formula is C13H18FN3O3S. The highest BCUT2D eigenvalue weighted by Gasteiger charge is 2.29. The molecule has 0 aromatic heterocycles. The molecule has 0 bridgehead atoms. The molecule has 0 atom stereocenters.